The average Bonchev–Trinajstić information content (AvgIpc) is 2.85. The van der Waals surface area contributed by atoms with Crippen LogP contribution in [0.4, 0.5) is 13.2 Å². The summed E-state index contributed by atoms with van der Waals surface area (Å²) in [5.74, 6) is 0. The molecular weight excluding hydrogens is 271 g/mol. The number of ether oxygens (including phenoxy) is 1. The fourth-order valence-corrected chi connectivity index (χ4v) is 3.07. The van der Waals surface area contributed by atoms with Crippen LogP contribution >= 0.6 is 0 Å². The van der Waals surface area contributed by atoms with E-state index in [9.17, 15) is 18.3 Å². The predicted octanol–water partition coefficient (Wildman–Crippen LogP) is 2.56. The summed E-state index contributed by atoms with van der Waals surface area (Å²) in [6.07, 6.45) is -3.54. The zero-order valence-electron chi connectivity index (χ0n) is 10.8. The van der Waals surface area contributed by atoms with Gasteiger partial charge in [-0.15, -0.1) is 0 Å². The highest BCUT2D eigenvalue weighted by atomic mass is 19.4. The molecule has 0 spiro atoms. The standard InChI is InChI=1S/C14H16F3NO2/c15-14(16,17)10-3-1-9(2-4-10)13-6-12(19)5-11-7-20-8-18(11)13/h1-4,11-13,19H,5-8H2/t11-,12-,13+/m0/s1. The number of nitrogens with zero attached hydrogens (tertiary/aromatic N) is 1. The fourth-order valence-electron chi connectivity index (χ4n) is 3.07. The first-order valence-corrected chi connectivity index (χ1v) is 6.64. The second-order valence-electron chi connectivity index (χ2n) is 5.43. The molecule has 2 fully saturated rings. The van der Waals surface area contributed by atoms with E-state index >= 15 is 0 Å². The number of hydrogen-bond acceptors (Lipinski definition) is 3. The van der Waals surface area contributed by atoms with E-state index < -0.39 is 17.8 Å². The molecule has 3 atom stereocenters. The van der Waals surface area contributed by atoms with Crippen LogP contribution in [-0.2, 0) is 10.9 Å². The number of hydrogen-bond donors (Lipinski definition) is 1. The number of aliphatic hydroxyl groups excluding tert-OH is 1. The van der Waals surface area contributed by atoms with Crippen LogP contribution < -0.4 is 0 Å². The van der Waals surface area contributed by atoms with Gasteiger partial charge in [0.05, 0.1) is 25.0 Å². The van der Waals surface area contributed by atoms with Crippen LogP contribution in [0.1, 0.15) is 30.0 Å². The van der Waals surface area contributed by atoms with Gasteiger partial charge in [-0.25, -0.2) is 0 Å². The van der Waals surface area contributed by atoms with Crippen molar-refractivity contribution in [2.45, 2.75) is 37.2 Å². The molecule has 0 amide bonds. The third-order valence-electron chi connectivity index (χ3n) is 4.08. The molecule has 110 valence electrons. The predicted molar refractivity (Wildman–Crippen MR) is 65.9 cm³/mol. The van der Waals surface area contributed by atoms with Gasteiger partial charge in [0.15, 0.2) is 0 Å². The van der Waals surface area contributed by atoms with Crippen LogP contribution in [0.2, 0.25) is 0 Å². The topological polar surface area (TPSA) is 32.7 Å². The van der Waals surface area contributed by atoms with Gasteiger partial charge in [0, 0.05) is 12.1 Å². The summed E-state index contributed by atoms with van der Waals surface area (Å²) in [6, 6.07) is 5.28. The van der Waals surface area contributed by atoms with Gasteiger partial charge in [-0.3, -0.25) is 4.90 Å². The smallest absolute Gasteiger partial charge is 0.393 e. The molecule has 1 aromatic carbocycles. The molecule has 0 bridgehead atoms. The van der Waals surface area contributed by atoms with Gasteiger partial charge in [0.1, 0.15) is 0 Å². The second kappa shape index (κ2) is 5.02. The number of fused-ring (bicyclic) bond motifs is 1. The molecule has 0 unspecified atom stereocenters. The van der Waals surface area contributed by atoms with E-state index in [1.165, 1.54) is 12.1 Å². The molecule has 6 heteroatoms. The zero-order valence-corrected chi connectivity index (χ0v) is 10.8. The number of benzene rings is 1. The maximum absolute atomic E-state index is 12.6. The van der Waals surface area contributed by atoms with E-state index in [1.807, 2.05) is 0 Å². The van der Waals surface area contributed by atoms with Crippen molar-refractivity contribution in [3.05, 3.63) is 35.4 Å². The Labute approximate surface area is 115 Å². The van der Waals surface area contributed by atoms with Gasteiger partial charge in [-0.05, 0) is 30.5 Å². The van der Waals surface area contributed by atoms with Crippen LogP contribution in [0.3, 0.4) is 0 Å². The average molecular weight is 287 g/mol. The number of halogens is 3. The Balaban J connectivity index is 1.84. The highest BCUT2D eigenvalue weighted by Crippen LogP contribution is 2.38. The van der Waals surface area contributed by atoms with Crippen molar-refractivity contribution in [3.63, 3.8) is 0 Å². The minimum Gasteiger partial charge on any atom is -0.393 e. The van der Waals surface area contributed by atoms with E-state index in [0.717, 1.165) is 17.7 Å². The quantitative estimate of drug-likeness (QED) is 0.861. The number of rotatable bonds is 1. The van der Waals surface area contributed by atoms with Crippen molar-refractivity contribution in [3.8, 4) is 0 Å². The van der Waals surface area contributed by atoms with Crippen molar-refractivity contribution >= 4 is 0 Å². The van der Waals surface area contributed by atoms with Crippen LogP contribution in [0.15, 0.2) is 24.3 Å². The van der Waals surface area contributed by atoms with E-state index in [1.54, 1.807) is 0 Å². The monoisotopic (exact) mass is 287 g/mol. The molecule has 1 N–H and O–H groups in total. The number of alkyl halides is 3. The lowest BCUT2D eigenvalue weighted by atomic mass is 9.90. The van der Waals surface area contributed by atoms with Gasteiger partial charge in [-0.2, -0.15) is 13.2 Å². The molecule has 0 radical (unpaired) electrons. The van der Waals surface area contributed by atoms with Crippen LogP contribution in [0.5, 0.6) is 0 Å². The summed E-state index contributed by atoms with van der Waals surface area (Å²) >= 11 is 0. The highest BCUT2D eigenvalue weighted by molar-refractivity contribution is 5.27. The summed E-state index contributed by atoms with van der Waals surface area (Å²) in [4.78, 5) is 2.12. The lowest BCUT2D eigenvalue weighted by Gasteiger charge is -2.38. The Morgan fingerprint density at radius 1 is 1.15 bits per heavy atom. The summed E-state index contributed by atoms with van der Waals surface area (Å²) in [6.45, 7) is 1.05. The molecule has 0 aromatic heterocycles. The van der Waals surface area contributed by atoms with Gasteiger partial charge < -0.3 is 9.84 Å². The maximum Gasteiger partial charge on any atom is 0.416 e. The van der Waals surface area contributed by atoms with Gasteiger partial charge in [-0.1, -0.05) is 12.1 Å². The molecule has 2 aliphatic heterocycles. The molecule has 0 saturated carbocycles. The van der Waals surface area contributed by atoms with Gasteiger partial charge in [0.25, 0.3) is 0 Å². The Bertz CT molecular complexity index is 474. The Morgan fingerprint density at radius 3 is 2.50 bits per heavy atom. The molecule has 20 heavy (non-hydrogen) atoms. The molecule has 1 aromatic rings. The molecule has 2 heterocycles. The minimum absolute atomic E-state index is 0.0754. The molecule has 3 rings (SSSR count). The summed E-state index contributed by atoms with van der Waals surface area (Å²) < 4.78 is 43.1. The van der Waals surface area contributed by atoms with E-state index in [-0.39, 0.29) is 12.1 Å². The summed E-state index contributed by atoms with van der Waals surface area (Å²) in [5, 5.41) is 9.91. The maximum atomic E-state index is 12.6. The van der Waals surface area contributed by atoms with E-state index in [4.69, 9.17) is 4.74 Å². The molecule has 2 saturated heterocycles. The van der Waals surface area contributed by atoms with Crippen molar-refractivity contribution in [2.75, 3.05) is 13.3 Å². The van der Waals surface area contributed by atoms with Crippen LogP contribution in [0, 0.1) is 0 Å². The molecule has 2 aliphatic rings. The Hall–Kier alpha value is -1.11. The first-order chi connectivity index (χ1) is 9.45. The Kier molecular flexibility index (Phi) is 3.48. The SMILES string of the molecule is O[C@H]1C[C@H]2COCN2[C@@H](c2ccc(C(F)(F)F)cc2)C1. The van der Waals surface area contributed by atoms with E-state index in [0.29, 0.717) is 26.2 Å². The summed E-state index contributed by atoms with van der Waals surface area (Å²) in [7, 11) is 0. The molecule has 0 aliphatic carbocycles. The lowest BCUT2D eigenvalue weighted by molar-refractivity contribution is -0.137. The van der Waals surface area contributed by atoms with Crippen LogP contribution in [0.25, 0.3) is 0 Å². The first kappa shape index (κ1) is 13.9. The van der Waals surface area contributed by atoms with Gasteiger partial charge >= 0.3 is 6.18 Å². The van der Waals surface area contributed by atoms with Gasteiger partial charge in [0.2, 0.25) is 0 Å². The third-order valence-corrected chi connectivity index (χ3v) is 4.08. The van der Waals surface area contributed by atoms with E-state index in [2.05, 4.69) is 4.90 Å². The van der Waals surface area contributed by atoms with Crippen molar-refractivity contribution in [1.29, 1.82) is 0 Å². The first-order valence-electron chi connectivity index (χ1n) is 6.64. The lowest BCUT2D eigenvalue weighted by Crippen LogP contribution is -2.43. The third kappa shape index (κ3) is 2.55. The van der Waals surface area contributed by atoms with Crippen molar-refractivity contribution < 1.29 is 23.0 Å². The number of aliphatic hydroxyl groups is 1. The largest absolute Gasteiger partial charge is 0.416 e. The normalized spacial score (nSPS) is 31.3. The second-order valence-corrected chi connectivity index (χ2v) is 5.43. The minimum atomic E-state index is -4.32. The molecular formula is C14H16F3NO2. The zero-order chi connectivity index (χ0) is 14.3. The van der Waals surface area contributed by atoms with Crippen molar-refractivity contribution in [1.82, 2.24) is 4.90 Å². The van der Waals surface area contributed by atoms with Crippen molar-refractivity contribution in [2.24, 2.45) is 0 Å². The Morgan fingerprint density at radius 2 is 1.85 bits per heavy atom. The molecule has 3 nitrogen and oxygen atoms in total. The number of piperidine rings is 1. The fraction of sp³-hybridized carbons (Fsp3) is 0.571. The summed E-state index contributed by atoms with van der Waals surface area (Å²) in [5.41, 5.74) is 0.152. The highest BCUT2D eigenvalue weighted by Gasteiger charge is 2.39. The van der Waals surface area contributed by atoms with Crippen LogP contribution in [-0.4, -0.2) is 35.5 Å².